The van der Waals surface area contributed by atoms with E-state index in [2.05, 4.69) is 29.5 Å². The Hall–Kier alpha value is -4.07. The van der Waals surface area contributed by atoms with E-state index in [4.69, 9.17) is 0 Å². The summed E-state index contributed by atoms with van der Waals surface area (Å²) in [6.45, 7) is 4.75. The van der Waals surface area contributed by atoms with Gasteiger partial charge in [-0.15, -0.1) is 5.10 Å². The van der Waals surface area contributed by atoms with Crippen molar-refractivity contribution >= 4 is 22.8 Å². The zero-order valence-corrected chi connectivity index (χ0v) is 20.5. The molecule has 2 amide bonds. The van der Waals surface area contributed by atoms with E-state index in [-0.39, 0.29) is 24.9 Å². The predicted octanol–water partition coefficient (Wildman–Crippen LogP) is 4.50. The quantitative estimate of drug-likeness (QED) is 0.357. The SMILES string of the molecule is CC(C)CCNC(=O)[C@H](c1ccc(F)cc1)N(Cc1ccccc1)C(=O)Cn1nnc2ccccc21. The summed E-state index contributed by atoms with van der Waals surface area (Å²) in [4.78, 5) is 28.9. The Morgan fingerprint density at radius 1 is 0.972 bits per heavy atom. The van der Waals surface area contributed by atoms with Crippen molar-refractivity contribution in [2.45, 2.75) is 39.4 Å². The normalized spacial score (nSPS) is 12.0. The van der Waals surface area contributed by atoms with E-state index in [0.29, 0.717) is 23.5 Å². The third-order valence-electron chi connectivity index (χ3n) is 5.99. The minimum absolute atomic E-state index is 0.0929. The number of carbonyl (C=O) groups excluding carboxylic acids is 2. The molecule has 36 heavy (non-hydrogen) atoms. The fraction of sp³-hybridized carbons (Fsp3) is 0.286. The van der Waals surface area contributed by atoms with Gasteiger partial charge in [-0.3, -0.25) is 9.59 Å². The summed E-state index contributed by atoms with van der Waals surface area (Å²) in [5, 5.41) is 11.3. The number of hydrogen-bond acceptors (Lipinski definition) is 4. The van der Waals surface area contributed by atoms with Gasteiger partial charge in [-0.1, -0.05) is 73.7 Å². The summed E-state index contributed by atoms with van der Waals surface area (Å²) >= 11 is 0. The molecule has 0 saturated heterocycles. The van der Waals surface area contributed by atoms with E-state index >= 15 is 0 Å². The molecule has 186 valence electrons. The highest BCUT2D eigenvalue weighted by Gasteiger charge is 2.32. The Kier molecular flexibility index (Phi) is 8.05. The first-order chi connectivity index (χ1) is 17.4. The first-order valence-electron chi connectivity index (χ1n) is 12.1. The Bertz CT molecular complexity index is 1300. The molecule has 1 atom stereocenters. The number of fused-ring (bicyclic) bond motifs is 1. The van der Waals surface area contributed by atoms with Gasteiger partial charge in [0.25, 0.3) is 0 Å². The highest BCUT2D eigenvalue weighted by Crippen LogP contribution is 2.25. The van der Waals surface area contributed by atoms with E-state index in [9.17, 15) is 14.0 Å². The van der Waals surface area contributed by atoms with Crippen molar-refractivity contribution in [3.63, 3.8) is 0 Å². The molecule has 0 fully saturated rings. The van der Waals surface area contributed by atoms with Gasteiger partial charge in [-0.05, 0) is 47.7 Å². The fourth-order valence-corrected chi connectivity index (χ4v) is 4.06. The Balaban J connectivity index is 1.70. The third kappa shape index (κ3) is 6.13. The molecule has 1 aromatic heterocycles. The van der Waals surface area contributed by atoms with Gasteiger partial charge in [0, 0.05) is 13.1 Å². The van der Waals surface area contributed by atoms with Crippen molar-refractivity contribution in [2.75, 3.05) is 6.54 Å². The molecule has 0 aliphatic rings. The van der Waals surface area contributed by atoms with Crippen molar-refractivity contribution in [3.8, 4) is 0 Å². The number of hydrogen-bond donors (Lipinski definition) is 1. The van der Waals surface area contributed by atoms with Crippen LogP contribution in [0.15, 0.2) is 78.9 Å². The average Bonchev–Trinajstić information content (AvgIpc) is 3.28. The molecule has 7 nitrogen and oxygen atoms in total. The van der Waals surface area contributed by atoms with Crippen LogP contribution in [0.4, 0.5) is 4.39 Å². The summed E-state index contributed by atoms with van der Waals surface area (Å²) in [6.07, 6.45) is 0.805. The number of benzene rings is 3. The number of rotatable bonds is 10. The number of nitrogens with one attached hydrogen (secondary N) is 1. The summed E-state index contributed by atoms with van der Waals surface area (Å²) in [6, 6.07) is 21.7. The van der Waals surface area contributed by atoms with Crippen LogP contribution in [0.1, 0.15) is 37.4 Å². The van der Waals surface area contributed by atoms with Crippen LogP contribution in [0.25, 0.3) is 11.0 Å². The van der Waals surface area contributed by atoms with Crippen LogP contribution < -0.4 is 5.32 Å². The lowest BCUT2D eigenvalue weighted by Crippen LogP contribution is -2.45. The van der Waals surface area contributed by atoms with E-state index in [1.165, 1.54) is 21.7 Å². The maximum Gasteiger partial charge on any atom is 0.247 e. The summed E-state index contributed by atoms with van der Waals surface area (Å²) in [7, 11) is 0. The minimum atomic E-state index is -0.944. The Labute approximate surface area is 209 Å². The second-order valence-electron chi connectivity index (χ2n) is 9.17. The van der Waals surface area contributed by atoms with Crippen molar-refractivity contribution in [2.24, 2.45) is 5.92 Å². The van der Waals surface area contributed by atoms with Crippen LogP contribution in [0.5, 0.6) is 0 Å². The second-order valence-corrected chi connectivity index (χ2v) is 9.17. The molecule has 4 aromatic rings. The van der Waals surface area contributed by atoms with Crippen LogP contribution in [-0.4, -0.2) is 38.3 Å². The molecule has 4 rings (SSSR count). The molecule has 0 spiro atoms. The smallest absolute Gasteiger partial charge is 0.247 e. The molecule has 1 heterocycles. The van der Waals surface area contributed by atoms with Crippen molar-refractivity contribution in [3.05, 3.63) is 95.8 Å². The van der Waals surface area contributed by atoms with E-state index in [1.54, 1.807) is 12.1 Å². The largest absolute Gasteiger partial charge is 0.354 e. The van der Waals surface area contributed by atoms with Crippen LogP contribution in [-0.2, 0) is 22.7 Å². The second kappa shape index (κ2) is 11.6. The van der Waals surface area contributed by atoms with E-state index < -0.39 is 11.9 Å². The molecule has 0 bridgehead atoms. The maximum atomic E-state index is 13.8. The third-order valence-corrected chi connectivity index (χ3v) is 5.99. The van der Waals surface area contributed by atoms with Gasteiger partial charge in [0.1, 0.15) is 23.9 Å². The Morgan fingerprint density at radius 3 is 2.39 bits per heavy atom. The van der Waals surface area contributed by atoms with Crippen molar-refractivity contribution < 1.29 is 14.0 Å². The van der Waals surface area contributed by atoms with Crippen molar-refractivity contribution in [1.82, 2.24) is 25.2 Å². The number of aromatic nitrogens is 3. The molecule has 0 saturated carbocycles. The van der Waals surface area contributed by atoms with Gasteiger partial charge < -0.3 is 10.2 Å². The van der Waals surface area contributed by atoms with Crippen LogP contribution in [0, 0.1) is 11.7 Å². The lowest BCUT2D eigenvalue weighted by atomic mass is 10.0. The highest BCUT2D eigenvalue weighted by molar-refractivity contribution is 5.89. The zero-order chi connectivity index (χ0) is 25.5. The summed E-state index contributed by atoms with van der Waals surface area (Å²) in [5.74, 6) is -0.609. The van der Waals surface area contributed by atoms with Gasteiger partial charge in [0.05, 0.1) is 5.52 Å². The standard InChI is InChI=1S/C28H30FN5O2/c1-20(2)16-17-30-28(36)27(22-12-14-23(29)15-13-22)33(18-21-8-4-3-5-9-21)26(35)19-34-25-11-7-6-10-24(25)31-32-34/h3-15,20,27H,16-19H2,1-2H3,(H,30,36)/t27-/m0/s1. The first kappa shape index (κ1) is 25.0. The first-order valence-corrected chi connectivity index (χ1v) is 12.1. The molecule has 0 aliphatic heterocycles. The number of halogens is 1. The maximum absolute atomic E-state index is 13.8. The van der Waals surface area contributed by atoms with Crippen LogP contribution in [0.2, 0.25) is 0 Å². The fourth-order valence-electron chi connectivity index (χ4n) is 4.06. The minimum Gasteiger partial charge on any atom is -0.354 e. The zero-order valence-electron chi connectivity index (χ0n) is 20.5. The number of amides is 2. The molecule has 8 heteroatoms. The Morgan fingerprint density at radius 2 is 1.67 bits per heavy atom. The lowest BCUT2D eigenvalue weighted by molar-refractivity contribution is -0.142. The van der Waals surface area contributed by atoms with Crippen molar-refractivity contribution in [1.29, 1.82) is 0 Å². The molecule has 0 radical (unpaired) electrons. The van der Waals surface area contributed by atoms with Gasteiger partial charge in [0.2, 0.25) is 11.8 Å². The lowest BCUT2D eigenvalue weighted by Gasteiger charge is -2.32. The van der Waals surface area contributed by atoms with Crippen LogP contribution in [0.3, 0.4) is 0 Å². The van der Waals surface area contributed by atoms with Crippen LogP contribution >= 0.6 is 0 Å². The predicted molar refractivity (Wildman–Crippen MR) is 136 cm³/mol. The monoisotopic (exact) mass is 487 g/mol. The molecule has 1 N–H and O–H groups in total. The average molecular weight is 488 g/mol. The molecule has 0 aliphatic carbocycles. The molecule has 3 aromatic carbocycles. The number of carbonyl (C=O) groups is 2. The molecular formula is C28H30FN5O2. The topological polar surface area (TPSA) is 80.1 Å². The van der Waals surface area contributed by atoms with E-state index in [1.807, 2.05) is 54.6 Å². The summed E-state index contributed by atoms with van der Waals surface area (Å²) in [5.41, 5.74) is 2.81. The number of para-hydroxylation sites is 1. The molecular weight excluding hydrogens is 457 g/mol. The summed E-state index contributed by atoms with van der Waals surface area (Å²) < 4.78 is 15.3. The highest BCUT2D eigenvalue weighted by atomic mass is 19.1. The van der Waals surface area contributed by atoms with Gasteiger partial charge in [-0.25, -0.2) is 9.07 Å². The van der Waals surface area contributed by atoms with Gasteiger partial charge in [-0.2, -0.15) is 0 Å². The number of nitrogens with zero attached hydrogens (tertiary/aromatic N) is 4. The molecule has 0 unspecified atom stereocenters. The van der Waals surface area contributed by atoms with Gasteiger partial charge >= 0.3 is 0 Å². The van der Waals surface area contributed by atoms with Gasteiger partial charge in [0.15, 0.2) is 0 Å². The van der Waals surface area contributed by atoms with E-state index in [0.717, 1.165) is 17.5 Å².